The molecule has 1 saturated heterocycles. The van der Waals surface area contributed by atoms with Gasteiger partial charge in [-0.2, -0.15) is 0 Å². The number of Topliss-reactive ketones (excluding diaryl/α,β-unsaturated/α-hetero) is 1. The van der Waals surface area contributed by atoms with Crippen LogP contribution in [0.25, 0.3) is 0 Å². The number of nitrogens with zero attached hydrogens (tertiary/aromatic N) is 3. The number of nitrogens with one attached hydrogen (secondary N) is 1. The van der Waals surface area contributed by atoms with Crippen molar-refractivity contribution in [1.29, 1.82) is 0 Å². The molecule has 0 radical (unpaired) electrons. The van der Waals surface area contributed by atoms with Gasteiger partial charge in [0, 0.05) is 37.3 Å². The van der Waals surface area contributed by atoms with E-state index in [-0.39, 0.29) is 30.3 Å². The molecule has 1 aromatic carbocycles. The van der Waals surface area contributed by atoms with Crippen molar-refractivity contribution in [3.05, 3.63) is 40.4 Å². The Labute approximate surface area is 212 Å². The number of hydrogen-bond donors (Lipinski definition) is 3. The molecule has 1 aromatic heterocycles. The van der Waals surface area contributed by atoms with Crippen molar-refractivity contribution in [3.63, 3.8) is 0 Å². The van der Waals surface area contributed by atoms with Crippen LogP contribution in [0.4, 0.5) is 9.93 Å². The summed E-state index contributed by atoms with van der Waals surface area (Å²) in [6, 6.07) is 3.56. The molecule has 4 N–H and O–H groups in total. The minimum Gasteiger partial charge on any atom is -0.536 e. The van der Waals surface area contributed by atoms with Gasteiger partial charge in [0.1, 0.15) is 11.8 Å². The summed E-state index contributed by atoms with van der Waals surface area (Å²) in [4.78, 5) is 57.7. The molecule has 4 amide bonds. The summed E-state index contributed by atoms with van der Waals surface area (Å²) in [5.74, 6) is -2.07. The minimum atomic E-state index is -1.21. The quantitative estimate of drug-likeness (QED) is 0.370. The van der Waals surface area contributed by atoms with Crippen LogP contribution in [0, 0.1) is 6.92 Å². The SMILES string of the molecule is CCCN1CCN(C(=O)N[C@@H](C(=O)C[C@H]2Cc3cccc(C)c3OB2O)c2csc(N)n2)C(=O)C1=O. The smallest absolute Gasteiger partial charge is 0.526 e. The standard InChI is InChI=1S/C23H28BN5O6S/c1-3-7-28-8-9-29(21(32)20(28)31)23(33)27-18(16-12-36-22(25)26-16)17(30)11-15-10-14-6-4-5-13(2)19(14)35-24(15)34/h4-6,12,15,18,34H,3,7-11H2,1-2H3,(H2,25,26)(H,27,33)/t15-,18-/m1/s1. The van der Waals surface area contributed by atoms with Gasteiger partial charge in [0.15, 0.2) is 10.9 Å². The van der Waals surface area contributed by atoms with Crippen molar-refractivity contribution >= 4 is 47.2 Å². The van der Waals surface area contributed by atoms with E-state index in [9.17, 15) is 24.2 Å². The van der Waals surface area contributed by atoms with Gasteiger partial charge in [-0.15, -0.1) is 11.3 Å². The highest BCUT2D eigenvalue weighted by Crippen LogP contribution is 2.37. The molecular weight excluding hydrogens is 485 g/mol. The largest absolute Gasteiger partial charge is 0.536 e. The molecule has 2 atom stereocenters. The third-order valence-corrected chi connectivity index (χ3v) is 7.05. The predicted octanol–water partition coefficient (Wildman–Crippen LogP) is 1.31. The summed E-state index contributed by atoms with van der Waals surface area (Å²) in [6.45, 7) is 4.43. The molecule has 0 aliphatic carbocycles. The number of nitrogen functional groups attached to an aromatic ring is 1. The monoisotopic (exact) mass is 513 g/mol. The first-order valence-corrected chi connectivity index (χ1v) is 12.7. The number of aromatic nitrogens is 1. The Kier molecular flexibility index (Phi) is 7.60. The summed E-state index contributed by atoms with van der Waals surface area (Å²) < 4.78 is 5.69. The molecule has 4 rings (SSSR count). The average molecular weight is 513 g/mol. The number of piperazine rings is 1. The Bertz CT molecular complexity index is 1190. The van der Waals surface area contributed by atoms with Gasteiger partial charge in [0.2, 0.25) is 0 Å². The van der Waals surface area contributed by atoms with Gasteiger partial charge >= 0.3 is 25.0 Å². The van der Waals surface area contributed by atoms with E-state index in [0.717, 1.165) is 27.4 Å². The van der Waals surface area contributed by atoms with E-state index < -0.39 is 42.6 Å². The van der Waals surface area contributed by atoms with Crippen LogP contribution in [0.3, 0.4) is 0 Å². The molecule has 2 aliphatic heterocycles. The van der Waals surface area contributed by atoms with E-state index in [2.05, 4.69) is 10.3 Å². The molecule has 190 valence electrons. The lowest BCUT2D eigenvalue weighted by Gasteiger charge is -2.33. The number of anilines is 1. The fraction of sp³-hybridized carbons (Fsp3) is 0.435. The lowest BCUT2D eigenvalue weighted by Crippen LogP contribution is -2.59. The Morgan fingerprint density at radius 2 is 2.11 bits per heavy atom. The zero-order valence-electron chi connectivity index (χ0n) is 20.1. The molecule has 3 heterocycles. The first kappa shape index (κ1) is 25.6. The number of hydrogen-bond acceptors (Lipinski definition) is 9. The van der Waals surface area contributed by atoms with Crippen molar-refractivity contribution in [2.24, 2.45) is 0 Å². The van der Waals surface area contributed by atoms with Crippen LogP contribution in [0.1, 0.15) is 42.6 Å². The number of para-hydroxylation sites is 1. The van der Waals surface area contributed by atoms with Crippen molar-refractivity contribution in [2.75, 3.05) is 25.4 Å². The highest BCUT2D eigenvalue weighted by molar-refractivity contribution is 7.13. The van der Waals surface area contributed by atoms with E-state index in [4.69, 9.17) is 10.4 Å². The van der Waals surface area contributed by atoms with Crippen LogP contribution >= 0.6 is 11.3 Å². The van der Waals surface area contributed by atoms with Crippen LogP contribution in [0.5, 0.6) is 5.75 Å². The maximum absolute atomic E-state index is 13.4. The van der Waals surface area contributed by atoms with Crippen LogP contribution < -0.4 is 15.7 Å². The molecular formula is C23H28BN5O6S. The van der Waals surface area contributed by atoms with Gasteiger partial charge < -0.3 is 25.6 Å². The van der Waals surface area contributed by atoms with Crippen molar-refractivity contribution < 1.29 is 28.9 Å². The zero-order valence-corrected chi connectivity index (χ0v) is 20.9. The van der Waals surface area contributed by atoms with Gasteiger partial charge in [-0.25, -0.2) is 9.78 Å². The lowest BCUT2D eigenvalue weighted by molar-refractivity contribution is -0.153. The van der Waals surface area contributed by atoms with Crippen molar-refractivity contribution in [1.82, 2.24) is 20.1 Å². The van der Waals surface area contributed by atoms with Gasteiger partial charge in [-0.05, 0) is 30.9 Å². The number of benzene rings is 1. The molecule has 2 aromatic rings. The molecule has 0 unspecified atom stereocenters. The number of carbonyl (C=O) groups excluding carboxylic acids is 4. The highest BCUT2D eigenvalue weighted by Gasteiger charge is 2.41. The first-order valence-electron chi connectivity index (χ1n) is 11.8. The summed E-state index contributed by atoms with van der Waals surface area (Å²) in [5, 5.41) is 14.9. The molecule has 13 heteroatoms. The topological polar surface area (TPSA) is 155 Å². The van der Waals surface area contributed by atoms with Gasteiger partial charge in [0.05, 0.1) is 5.69 Å². The second kappa shape index (κ2) is 10.7. The zero-order chi connectivity index (χ0) is 26.0. The third kappa shape index (κ3) is 5.21. The summed E-state index contributed by atoms with van der Waals surface area (Å²) in [5.41, 5.74) is 7.75. The van der Waals surface area contributed by atoms with Crippen LogP contribution in [0.2, 0.25) is 5.82 Å². The van der Waals surface area contributed by atoms with E-state index in [1.165, 1.54) is 4.90 Å². The number of thiazole rings is 1. The maximum atomic E-state index is 13.4. The second-order valence-electron chi connectivity index (χ2n) is 8.95. The summed E-state index contributed by atoms with van der Waals surface area (Å²) in [7, 11) is -1.20. The molecule has 36 heavy (non-hydrogen) atoms. The predicted molar refractivity (Wildman–Crippen MR) is 133 cm³/mol. The van der Waals surface area contributed by atoms with E-state index in [0.29, 0.717) is 25.1 Å². The number of urea groups is 1. The van der Waals surface area contributed by atoms with E-state index in [1.54, 1.807) is 5.38 Å². The Balaban J connectivity index is 1.50. The average Bonchev–Trinajstić information content (AvgIpc) is 3.27. The number of imide groups is 1. The maximum Gasteiger partial charge on any atom is 0.526 e. The number of ketones is 1. The summed E-state index contributed by atoms with van der Waals surface area (Å²) >= 11 is 1.11. The van der Waals surface area contributed by atoms with E-state index in [1.807, 2.05) is 32.0 Å². The fourth-order valence-electron chi connectivity index (χ4n) is 4.50. The van der Waals surface area contributed by atoms with Crippen LogP contribution in [-0.4, -0.2) is 70.2 Å². The Hall–Kier alpha value is -3.45. The third-order valence-electron chi connectivity index (χ3n) is 6.35. The second-order valence-corrected chi connectivity index (χ2v) is 9.84. The number of rotatable bonds is 7. The highest BCUT2D eigenvalue weighted by atomic mass is 32.1. The Morgan fingerprint density at radius 1 is 1.33 bits per heavy atom. The minimum absolute atomic E-state index is 0.0157. The van der Waals surface area contributed by atoms with Gasteiger partial charge in [-0.3, -0.25) is 19.3 Å². The fourth-order valence-corrected chi connectivity index (χ4v) is 5.09. The summed E-state index contributed by atoms with van der Waals surface area (Å²) in [6.07, 6.45) is 0.984. The molecule has 0 saturated carbocycles. The number of fused-ring (bicyclic) bond motifs is 1. The molecule has 0 spiro atoms. The number of amides is 4. The number of carbonyl (C=O) groups is 4. The molecule has 11 nitrogen and oxygen atoms in total. The van der Waals surface area contributed by atoms with Crippen LogP contribution in [-0.2, 0) is 20.8 Å². The molecule has 1 fully saturated rings. The van der Waals surface area contributed by atoms with Crippen molar-refractivity contribution in [2.45, 2.75) is 45.0 Å². The van der Waals surface area contributed by atoms with E-state index >= 15 is 0 Å². The van der Waals surface area contributed by atoms with Gasteiger partial charge in [0.25, 0.3) is 0 Å². The number of nitrogens with two attached hydrogens (primary N) is 1. The van der Waals surface area contributed by atoms with Crippen LogP contribution in [0.15, 0.2) is 23.6 Å². The van der Waals surface area contributed by atoms with Crippen molar-refractivity contribution in [3.8, 4) is 5.75 Å². The van der Waals surface area contributed by atoms with Gasteiger partial charge in [-0.1, -0.05) is 25.1 Å². The molecule has 0 bridgehead atoms. The first-order chi connectivity index (χ1) is 17.2. The Morgan fingerprint density at radius 3 is 2.81 bits per heavy atom. The normalized spacial score (nSPS) is 18.5. The lowest BCUT2D eigenvalue weighted by atomic mass is 9.64. The molecule has 2 aliphatic rings. The number of aryl methyl sites for hydroxylation is 1.